The Bertz CT molecular complexity index is 424. The molecule has 70 valence electrons. The number of Topliss-reactive ketones (excluding diaryl/α,β-unsaturated/α-hetero) is 1. The zero-order valence-corrected chi connectivity index (χ0v) is 8.24. The summed E-state index contributed by atoms with van der Waals surface area (Å²) >= 11 is 0. The van der Waals surface area contributed by atoms with E-state index in [4.69, 9.17) is 5.26 Å². The van der Waals surface area contributed by atoms with Gasteiger partial charge in [0.05, 0.1) is 11.6 Å². The maximum atomic E-state index is 11.0. The highest BCUT2D eigenvalue weighted by Crippen LogP contribution is 2.09. The molecule has 0 saturated carbocycles. The normalized spacial score (nSPS) is 10.8. The predicted molar refractivity (Wildman–Crippen MR) is 55.5 cm³/mol. The molecule has 0 amide bonds. The molecular formula is C12H11NO. The van der Waals surface area contributed by atoms with Crippen molar-refractivity contribution < 1.29 is 4.79 Å². The minimum absolute atomic E-state index is 0.0485. The molecule has 0 bridgehead atoms. The van der Waals surface area contributed by atoms with Gasteiger partial charge in [-0.3, -0.25) is 4.79 Å². The molecule has 1 aromatic carbocycles. The monoisotopic (exact) mass is 185 g/mol. The van der Waals surface area contributed by atoms with Crippen LogP contribution in [0.15, 0.2) is 29.8 Å². The van der Waals surface area contributed by atoms with Crippen molar-refractivity contribution in [2.45, 2.75) is 13.8 Å². The molecule has 0 aliphatic carbocycles. The van der Waals surface area contributed by atoms with Crippen LogP contribution in [0.4, 0.5) is 0 Å². The molecule has 14 heavy (non-hydrogen) atoms. The molecule has 1 aromatic rings. The van der Waals surface area contributed by atoms with Gasteiger partial charge in [-0.25, -0.2) is 0 Å². The van der Waals surface area contributed by atoms with Gasteiger partial charge in [0.25, 0.3) is 0 Å². The summed E-state index contributed by atoms with van der Waals surface area (Å²) in [5.41, 5.74) is 2.19. The summed E-state index contributed by atoms with van der Waals surface area (Å²) in [6, 6.07) is 9.22. The molecular weight excluding hydrogens is 174 g/mol. The standard InChI is InChI=1S/C12H11NO/c1-9(10(2)14)6-11-4-3-5-12(7-11)8-13/h3-7H,1-2H3/b9-6+. The highest BCUT2D eigenvalue weighted by atomic mass is 16.1. The second kappa shape index (κ2) is 4.38. The summed E-state index contributed by atoms with van der Waals surface area (Å²) in [6.07, 6.45) is 1.78. The van der Waals surface area contributed by atoms with Crippen LogP contribution in [-0.2, 0) is 4.79 Å². The number of rotatable bonds is 2. The maximum Gasteiger partial charge on any atom is 0.155 e. The van der Waals surface area contributed by atoms with E-state index in [9.17, 15) is 4.79 Å². The fraction of sp³-hybridized carbons (Fsp3) is 0.167. The number of carbonyl (C=O) groups excluding carboxylic acids is 1. The molecule has 0 aliphatic rings. The van der Waals surface area contributed by atoms with Crippen molar-refractivity contribution in [2.75, 3.05) is 0 Å². The second-order valence-corrected chi connectivity index (χ2v) is 3.12. The van der Waals surface area contributed by atoms with Gasteiger partial charge >= 0.3 is 0 Å². The molecule has 0 spiro atoms. The van der Waals surface area contributed by atoms with E-state index in [2.05, 4.69) is 6.07 Å². The van der Waals surface area contributed by atoms with Crippen LogP contribution in [0, 0.1) is 11.3 Å². The lowest BCUT2D eigenvalue weighted by molar-refractivity contribution is -0.113. The zero-order valence-electron chi connectivity index (χ0n) is 8.24. The maximum absolute atomic E-state index is 11.0. The lowest BCUT2D eigenvalue weighted by Gasteiger charge is -1.96. The van der Waals surface area contributed by atoms with Crippen LogP contribution in [0.1, 0.15) is 25.0 Å². The number of carbonyl (C=O) groups is 1. The number of allylic oxidation sites excluding steroid dienone is 1. The van der Waals surface area contributed by atoms with Crippen LogP contribution >= 0.6 is 0 Å². The van der Waals surface area contributed by atoms with Crippen LogP contribution in [-0.4, -0.2) is 5.78 Å². The third-order valence-corrected chi connectivity index (χ3v) is 1.95. The van der Waals surface area contributed by atoms with E-state index in [1.165, 1.54) is 6.92 Å². The third kappa shape index (κ3) is 2.56. The van der Waals surface area contributed by atoms with Crippen LogP contribution in [0.5, 0.6) is 0 Å². The van der Waals surface area contributed by atoms with Crippen molar-refractivity contribution in [2.24, 2.45) is 0 Å². The Morgan fingerprint density at radius 2 is 2.14 bits per heavy atom. The topological polar surface area (TPSA) is 40.9 Å². The Morgan fingerprint density at radius 3 is 2.71 bits per heavy atom. The highest BCUT2D eigenvalue weighted by Gasteiger charge is 1.97. The molecule has 0 fully saturated rings. The van der Waals surface area contributed by atoms with E-state index in [1.54, 1.807) is 31.2 Å². The first kappa shape index (κ1) is 10.2. The van der Waals surface area contributed by atoms with Crippen LogP contribution in [0.3, 0.4) is 0 Å². The van der Waals surface area contributed by atoms with E-state index >= 15 is 0 Å². The third-order valence-electron chi connectivity index (χ3n) is 1.95. The van der Waals surface area contributed by atoms with Gasteiger partial charge in [-0.1, -0.05) is 12.1 Å². The summed E-state index contributed by atoms with van der Waals surface area (Å²) in [5.74, 6) is 0.0485. The molecule has 2 nitrogen and oxygen atoms in total. The molecule has 0 saturated heterocycles. The predicted octanol–water partition coefficient (Wildman–Crippen LogP) is 2.55. The molecule has 2 heteroatoms. The number of hydrogen-bond acceptors (Lipinski definition) is 2. The Morgan fingerprint density at radius 1 is 1.43 bits per heavy atom. The molecule has 0 N–H and O–H groups in total. The number of nitrogens with zero attached hydrogens (tertiary/aromatic N) is 1. The Hall–Kier alpha value is -1.88. The lowest BCUT2D eigenvalue weighted by atomic mass is 10.1. The van der Waals surface area contributed by atoms with Crippen molar-refractivity contribution in [1.29, 1.82) is 5.26 Å². The fourth-order valence-corrected chi connectivity index (χ4v) is 1.05. The first-order chi connectivity index (χ1) is 6.63. The van der Waals surface area contributed by atoms with Gasteiger partial charge in [-0.2, -0.15) is 5.26 Å². The van der Waals surface area contributed by atoms with Crippen molar-refractivity contribution in [1.82, 2.24) is 0 Å². The number of nitriles is 1. The molecule has 1 rings (SSSR count). The number of hydrogen-bond donors (Lipinski definition) is 0. The van der Waals surface area contributed by atoms with E-state index in [0.717, 1.165) is 5.56 Å². The van der Waals surface area contributed by atoms with Crippen molar-refractivity contribution >= 4 is 11.9 Å². The lowest BCUT2D eigenvalue weighted by Crippen LogP contribution is -1.90. The summed E-state index contributed by atoms with van der Waals surface area (Å²) in [5, 5.41) is 8.67. The quantitative estimate of drug-likeness (QED) is 0.664. The minimum Gasteiger partial charge on any atom is -0.295 e. The van der Waals surface area contributed by atoms with E-state index in [1.807, 2.05) is 6.07 Å². The number of ketones is 1. The van der Waals surface area contributed by atoms with Gasteiger partial charge in [0, 0.05) is 0 Å². The highest BCUT2D eigenvalue weighted by molar-refractivity contribution is 5.97. The van der Waals surface area contributed by atoms with Gasteiger partial charge in [-0.15, -0.1) is 0 Å². The van der Waals surface area contributed by atoms with E-state index < -0.39 is 0 Å². The average molecular weight is 185 g/mol. The zero-order chi connectivity index (χ0) is 10.6. The average Bonchev–Trinajstić information content (AvgIpc) is 2.18. The minimum atomic E-state index is 0.0485. The largest absolute Gasteiger partial charge is 0.295 e. The van der Waals surface area contributed by atoms with Crippen LogP contribution in [0.25, 0.3) is 6.08 Å². The van der Waals surface area contributed by atoms with E-state index in [-0.39, 0.29) is 5.78 Å². The fourth-order valence-electron chi connectivity index (χ4n) is 1.05. The smallest absolute Gasteiger partial charge is 0.155 e. The van der Waals surface area contributed by atoms with Crippen molar-refractivity contribution in [3.8, 4) is 6.07 Å². The summed E-state index contributed by atoms with van der Waals surface area (Å²) in [7, 11) is 0. The molecule has 0 heterocycles. The SMILES string of the molecule is CC(=O)/C(C)=C/c1cccc(C#N)c1. The van der Waals surface area contributed by atoms with Gasteiger partial charge in [0.2, 0.25) is 0 Å². The molecule has 0 unspecified atom stereocenters. The summed E-state index contributed by atoms with van der Waals surface area (Å²) in [6.45, 7) is 3.29. The van der Waals surface area contributed by atoms with Crippen molar-refractivity contribution in [3.63, 3.8) is 0 Å². The van der Waals surface area contributed by atoms with Gasteiger partial charge in [0.15, 0.2) is 5.78 Å². The molecule has 0 radical (unpaired) electrons. The first-order valence-corrected chi connectivity index (χ1v) is 4.33. The molecule has 0 aromatic heterocycles. The Balaban J connectivity index is 3.04. The summed E-state index contributed by atoms with van der Waals surface area (Å²) in [4.78, 5) is 11.0. The van der Waals surface area contributed by atoms with Gasteiger partial charge in [-0.05, 0) is 43.2 Å². The Labute approximate surface area is 83.5 Å². The Kier molecular flexibility index (Phi) is 3.19. The summed E-state index contributed by atoms with van der Waals surface area (Å²) < 4.78 is 0. The second-order valence-electron chi connectivity index (χ2n) is 3.12. The van der Waals surface area contributed by atoms with Gasteiger partial charge in [0.1, 0.15) is 0 Å². The molecule has 0 atom stereocenters. The van der Waals surface area contributed by atoms with E-state index in [0.29, 0.717) is 11.1 Å². The van der Waals surface area contributed by atoms with Crippen molar-refractivity contribution in [3.05, 3.63) is 41.0 Å². The first-order valence-electron chi connectivity index (χ1n) is 4.33. The van der Waals surface area contributed by atoms with Crippen LogP contribution in [0.2, 0.25) is 0 Å². The van der Waals surface area contributed by atoms with Crippen LogP contribution < -0.4 is 0 Å². The van der Waals surface area contributed by atoms with Gasteiger partial charge < -0.3 is 0 Å². The number of benzene rings is 1. The molecule has 0 aliphatic heterocycles.